The van der Waals surface area contributed by atoms with Gasteiger partial charge in [-0.25, -0.2) is 4.98 Å². The van der Waals surface area contributed by atoms with E-state index in [0.29, 0.717) is 31.1 Å². The number of hydrogen-bond acceptors (Lipinski definition) is 5. The zero-order chi connectivity index (χ0) is 14.6. The molecule has 1 aromatic rings. The summed E-state index contributed by atoms with van der Waals surface area (Å²) in [6.45, 7) is 3.56. The molecule has 1 aromatic heterocycles. The number of nitrogen functional groups attached to an aromatic ring is 1. The molecule has 20 heavy (non-hydrogen) atoms. The van der Waals surface area contributed by atoms with Gasteiger partial charge in [0, 0.05) is 37.9 Å². The van der Waals surface area contributed by atoms with E-state index in [2.05, 4.69) is 10.3 Å². The Morgan fingerprint density at radius 1 is 1.60 bits per heavy atom. The Kier molecular flexibility index (Phi) is 4.57. The van der Waals surface area contributed by atoms with Crippen LogP contribution in [-0.4, -0.2) is 43.4 Å². The number of aryl methyl sites for hydroxylation is 1. The maximum atomic E-state index is 12.2. The lowest BCUT2D eigenvalue weighted by atomic mass is 10.0. The number of nitrogens with zero attached hydrogens (tertiary/aromatic N) is 1. The lowest BCUT2D eigenvalue weighted by Crippen LogP contribution is -2.45. The Morgan fingerprint density at radius 2 is 2.40 bits per heavy atom. The maximum Gasteiger partial charge on any atom is 0.251 e. The molecule has 1 aliphatic rings. The number of anilines is 1. The lowest BCUT2D eigenvalue weighted by Gasteiger charge is -2.25. The second-order valence-electron chi connectivity index (χ2n) is 5.00. The topological polar surface area (TPSA) is 86.5 Å². The van der Waals surface area contributed by atoms with Crippen molar-refractivity contribution in [2.75, 3.05) is 32.6 Å². The summed E-state index contributed by atoms with van der Waals surface area (Å²) in [5, 5.41) is 2.88. The number of carbonyl (C=O) groups is 1. The van der Waals surface area contributed by atoms with E-state index >= 15 is 0 Å². The van der Waals surface area contributed by atoms with E-state index in [4.69, 9.17) is 15.2 Å². The summed E-state index contributed by atoms with van der Waals surface area (Å²) >= 11 is 0. The second-order valence-corrected chi connectivity index (χ2v) is 5.00. The van der Waals surface area contributed by atoms with E-state index in [1.807, 2.05) is 6.92 Å². The summed E-state index contributed by atoms with van der Waals surface area (Å²) in [6, 6.07) is 3.34. The van der Waals surface area contributed by atoms with Crippen molar-refractivity contribution in [1.82, 2.24) is 10.3 Å². The van der Waals surface area contributed by atoms with Gasteiger partial charge in [-0.3, -0.25) is 4.79 Å². The van der Waals surface area contributed by atoms with Gasteiger partial charge in [0.2, 0.25) is 0 Å². The highest BCUT2D eigenvalue weighted by molar-refractivity contribution is 5.94. The van der Waals surface area contributed by atoms with Crippen LogP contribution in [0.5, 0.6) is 0 Å². The van der Waals surface area contributed by atoms with Gasteiger partial charge in [-0.15, -0.1) is 0 Å². The molecule has 0 saturated carbocycles. The molecule has 0 aliphatic carbocycles. The Balaban J connectivity index is 2.03. The quantitative estimate of drug-likeness (QED) is 0.831. The molecule has 0 radical (unpaired) electrons. The van der Waals surface area contributed by atoms with E-state index in [9.17, 15) is 4.79 Å². The monoisotopic (exact) mass is 279 g/mol. The predicted octanol–water partition coefficient (Wildman–Crippen LogP) is 0.761. The number of nitrogens with two attached hydrogens (primary N) is 1. The average molecular weight is 279 g/mol. The normalized spacial score (nSPS) is 21.9. The zero-order valence-corrected chi connectivity index (χ0v) is 11.9. The molecule has 110 valence electrons. The van der Waals surface area contributed by atoms with E-state index in [0.717, 1.165) is 18.5 Å². The van der Waals surface area contributed by atoms with Crippen LogP contribution in [0.15, 0.2) is 12.1 Å². The van der Waals surface area contributed by atoms with Crippen molar-refractivity contribution in [2.24, 2.45) is 0 Å². The van der Waals surface area contributed by atoms with Crippen molar-refractivity contribution in [3.63, 3.8) is 0 Å². The van der Waals surface area contributed by atoms with Gasteiger partial charge in [-0.05, 0) is 18.6 Å². The number of pyridine rings is 1. The molecule has 2 heterocycles. The molecule has 1 amide bonds. The number of ether oxygens (including phenoxy) is 2. The minimum atomic E-state index is -0.415. The van der Waals surface area contributed by atoms with E-state index < -0.39 is 5.60 Å². The van der Waals surface area contributed by atoms with Gasteiger partial charge in [-0.1, -0.05) is 6.92 Å². The van der Waals surface area contributed by atoms with Crippen LogP contribution >= 0.6 is 0 Å². The Hall–Kier alpha value is -1.66. The number of nitrogens with one attached hydrogen (secondary N) is 1. The first-order chi connectivity index (χ1) is 9.58. The number of methoxy groups -OCH3 is 1. The molecule has 6 nitrogen and oxygen atoms in total. The second kappa shape index (κ2) is 6.19. The summed E-state index contributed by atoms with van der Waals surface area (Å²) in [4.78, 5) is 16.3. The molecule has 2 rings (SSSR count). The first-order valence-electron chi connectivity index (χ1n) is 6.76. The van der Waals surface area contributed by atoms with Gasteiger partial charge < -0.3 is 20.5 Å². The van der Waals surface area contributed by atoms with Crippen LogP contribution in [0.25, 0.3) is 0 Å². The highest BCUT2D eigenvalue weighted by atomic mass is 16.5. The van der Waals surface area contributed by atoms with Crippen LogP contribution in [0.4, 0.5) is 5.82 Å². The van der Waals surface area contributed by atoms with E-state index in [1.165, 1.54) is 0 Å². The first kappa shape index (κ1) is 14.7. The van der Waals surface area contributed by atoms with Crippen molar-refractivity contribution in [2.45, 2.75) is 25.4 Å². The molecule has 1 saturated heterocycles. The lowest BCUT2D eigenvalue weighted by molar-refractivity contribution is -0.0148. The van der Waals surface area contributed by atoms with Gasteiger partial charge >= 0.3 is 0 Å². The minimum absolute atomic E-state index is 0.169. The molecule has 3 N–H and O–H groups in total. The highest BCUT2D eigenvalue weighted by Crippen LogP contribution is 2.21. The smallest absolute Gasteiger partial charge is 0.251 e. The SMILES string of the molecule is CCc1cc(C(=O)NCC2(OC)CCOC2)cc(N)n1. The van der Waals surface area contributed by atoms with Crippen LogP contribution in [0, 0.1) is 0 Å². The van der Waals surface area contributed by atoms with Gasteiger partial charge in [-0.2, -0.15) is 0 Å². The molecule has 1 atom stereocenters. The Morgan fingerprint density at radius 3 is 3.00 bits per heavy atom. The third-order valence-electron chi connectivity index (χ3n) is 3.59. The number of hydrogen-bond donors (Lipinski definition) is 2. The Labute approximate surface area is 118 Å². The number of aromatic nitrogens is 1. The molecular weight excluding hydrogens is 258 g/mol. The molecule has 0 aromatic carbocycles. The third-order valence-corrected chi connectivity index (χ3v) is 3.59. The van der Waals surface area contributed by atoms with E-state index in [-0.39, 0.29) is 5.91 Å². The van der Waals surface area contributed by atoms with Crippen LogP contribution < -0.4 is 11.1 Å². The summed E-state index contributed by atoms with van der Waals surface area (Å²) < 4.78 is 10.8. The molecule has 6 heteroatoms. The largest absolute Gasteiger partial charge is 0.384 e. The van der Waals surface area contributed by atoms with Gasteiger partial charge in [0.1, 0.15) is 11.4 Å². The van der Waals surface area contributed by atoms with Crippen molar-refractivity contribution < 1.29 is 14.3 Å². The molecule has 0 bridgehead atoms. The molecular formula is C14H21N3O3. The summed E-state index contributed by atoms with van der Waals surface area (Å²) in [7, 11) is 1.64. The zero-order valence-electron chi connectivity index (χ0n) is 11.9. The third kappa shape index (κ3) is 3.26. The number of amides is 1. The first-order valence-corrected chi connectivity index (χ1v) is 6.76. The number of carbonyl (C=O) groups excluding carboxylic acids is 1. The van der Waals surface area contributed by atoms with Crippen LogP contribution in [0.3, 0.4) is 0 Å². The van der Waals surface area contributed by atoms with Gasteiger partial charge in [0.05, 0.1) is 6.61 Å². The van der Waals surface area contributed by atoms with Crippen molar-refractivity contribution in [3.05, 3.63) is 23.4 Å². The summed E-state index contributed by atoms with van der Waals surface area (Å²) in [5.41, 5.74) is 6.63. The fourth-order valence-electron chi connectivity index (χ4n) is 2.23. The molecule has 1 unspecified atom stereocenters. The molecule has 0 spiro atoms. The fraction of sp³-hybridized carbons (Fsp3) is 0.571. The number of rotatable bonds is 5. The predicted molar refractivity (Wildman–Crippen MR) is 75.5 cm³/mol. The average Bonchev–Trinajstić information content (AvgIpc) is 2.93. The summed E-state index contributed by atoms with van der Waals surface area (Å²) in [5.74, 6) is 0.192. The van der Waals surface area contributed by atoms with Crippen LogP contribution in [0.2, 0.25) is 0 Å². The van der Waals surface area contributed by atoms with Gasteiger partial charge in [0.25, 0.3) is 5.91 Å². The van der Waals surface area contributed by atoms with Gasteiger partial charge in [0.15, 0.2) is 0 Å². The molecule has 1 fully saturated rings. The molecule has 1 aliphatic heterocycles. The summed E-state index contributed by atoms with van der Waals surface area (Å²) in [6.07, 6.45) is 1.52. The van der Waals surface area contributed by atoms with Crippen molar-refractivity contribution in [1.29, 1.82) is 0 Å². The highest BCUT2D eigenvalue weighted by Gasteiger charge is 2.35. The van der Waals surface area contributed by atoms with Crippen LogP contribution in [-0.2, 0) is 15.9 Å². The Bertz CT molecular complexity index is 485. The fourth-order valence-corrected chi connectivity index (χ4v) is 2.23. The van der Waals surface area contributed by atoms with Crippen LogP contribution in [0.1, 0.15) is 29.4 Å². The van der Waals surface area contributed by atoms with Crippen molar-refractivity contribution in [3.8, 4) is 0 Å². The minimum Gasteiger partial charge on any atom is -0.384 e. The maximum absolute atomic E-state index is 12.2. The standard InChI is InChI=1S/C14H21N3O3/c1-3-11-6-10(7-12(15)17-11)13(18)16-8-14(19-2)4-5-20-9-14/h6-7H,3-5,8-9H2,1-2H3,(H2,15,17)(H,16,18). The van der Waals surface area contributed by atoms with E-state index in [1.54, 1.807) is 19.2 Å². The van der Waals surface area contributed by atoms with Crippen molar-refractivity contribution >= 4 is 11.7 Å².